The molecular weight excluding hydrogens is 262 g/mol. The number of nitrogens with zero attached hydrogens (tertiary/aromatic N) is 1. The first kappa shape index (κ1) is 14.6. The topological polar surface area (TPSA) is 40.5 Å². The largest absolute Gasteiger partial charge is 0.481 e. The van der Waals surface area contributed by atoms with Gasteiger partial charge in [-0.3, -0.25) is 9.69 Å². The van der Waals surface area contributed by atoms with E-state index in [9.17, 15) is 9.90 Å². The van der Waals surface area contributed by atoms with Gasteiger partial charge < -0.3 is 5.11 Å². The molecule has 3 heteroatoms. The van der Waals surface area contributed by atoms with E-state index in [2.05, 4.69) is 17.9 Å². The van der Waals surface area contributed by atoms with Crippen LogP contribution in [0.2, 0.25) is 0 Å². The molecule has 0 saturated heterocycles. The van der Waals surface area contributed by atoms with Crippen molar-refractivity contribution in [1.29, 1.82) is 0 Å². The Morgan fingerprint density at radius 3 is 2.90 bits per heavy atom. The van der Waals surface area contributed by atoms with E-state index in [1.54, 1.807) is 0 Å². The molecule has 114 valence electrons. The lowest BCUT2D eigenvalue weighted by atomic mass is 9.81. The van der Waals surface area contributed by atoms with Gasteiger partial charge in [0, 0.05) is 19.1 Å². The zero-order valence-electron chi connectivity index (χ0n) is 12.8. The van der Waals surface area contributed by atoms with Gasteiger partial charge in [-0.15, -0.1) is 0 Å². The monoisotopic (exact) mass is 287 g/mol. The van der Waals surface area contributed by atoms with Crippen molar-refractivity contribution in [2.45, 2.75) is 57.5 Å². The summed E-state index contributed by atoms with van der Waals surface area (Å²) >= 11 is 0. The van der Waals surface area contributed by atoms with E-state index < -0.39 is 5.97 Å². The number of fused-ring (bicyclic) bond motifs is 1. The molecule has 0 aromatic heterocycles. The summed E-state index contributed by atoms with van der Waals surface area (Å²) < 4.78 is 0. The molecule has 21 heavy (non-hydrogen) atoms. The predicted octanol–water partition coefficient (Wildman–Crippen LogP) is 3.64. The second-order valence-corrected chi connectivity index (χ2v) is 6.61. The van der Waals surface area contributed by atoms with Gasteiger partial charge in [-0.25, -0.2) is 0 Å². The highest BCUT2D eigenvalue weighted by molar-refractivity contribution is 5.77. The van der Waals surface area contributed by atoms with E-state index in [1.807, 2.05) is 18.2 Å². The Morgan fingerprint density at radius 2 is 2.14 bits per heavy atom. The van der Waals surface area contributed by atoms with Crippen LogP contribution in [0.15, 0.2) is 24.3 Å². The maximum atomic E-state index is 11.6. The Hall–Kier alpha value is -1.35. The van der Waals surface area contributed by atoms with Crippen LogP contribution in [0.25, 0.3) is 0 Å². The minimum Gasteiger partial charge on any atom is -0.481 e. The molecule has 1 aromatic rings. The zero-order chi connectivity index (χ0) is 14.8. The average molecular weight is 287 g/mol. The minimum atomic E-state index is -0.685. The third kappa shape index (κ3) is 2.98. The van der Waals surface area contributed by atoms with E-state index in [0.717, 1.165) is 18.0 Å². The molecule has 1 aliphatic heterocycles. The number of hydrogen-bond acceptors (Lipinski definition) is 2. The first-order chi connectivity index (χ1) is 10.2. The van der Waals surface area contributed by atoms with Gasteiger partial charge in [0.05, 0.1) is 5.92 Å². The van der Waals surface area contributed by atoms with E-state index in [0.29, 0.717) is 12.6 Å². The van der Waals surface area contributed by atoms with Crippen molar-refractivity contribution in [2.24, 2.45) is 5.92 Å². The van der Waals surface area contributed by atoms with Gasteiger partial charge in [-0.2, -0.15) is 0 Å². The summed E-state index contributed by atoms with van der Waals surface area (Å²) in [6, 6.07) is 8.63. The van der Waals surface area contributed by atoms with Crippen molar-refractivity contribution in [3.05, 3.63) is 35.4 Å². The maximum absolute atomic E-state index is 11.6. The lowest BCUT2D eigenvalue weighted by Gasteiger charge is -2.41. The number of aliphatic carboxylic acids is 1. The van der Waals surface area contributed by atoms with Crippen molar-refractivity contribution in [2.75, 3.05) is 6.54 Å². The van der Waals surface area contributed by atoms with Crippen molar-refractivity contribution in [3.8, 4) is 0 Å². The smallest absolute Gasteiger partial charge is 0.312 e. The number of hydrogen-bond donors (Lipinski definition) is 1. The Labute approximate surface area is 127 Å². The molecule has 1 fully saturated rings. The van der Waals surface area contributed by atoms with Crippen LogP contribution in [-0.4, -0.2) is 28.6 Å². The summed E-state index contributed by atoms with van der Waals surface area (Å²) in [5, 5.41) is 9.57. The van der Waals surface area contributed by atoms with Crippen LogP contribution in [-0.2, 0) is 11.3 Å². The van der Waals surface area contributed by atoms with E-state index in [4.69, 9.17) is 0 Å². The first-order valence-corrected chi connectivity index (χ1v) is 8.23. The van der Waals surface area contributed by atoms with Crippen LogP contribution in [0.5, 0.6) is 0 Å². The minimum absolute atomic E-state index is 0.364. The summed E-state index contributed by atoms with van der Waals surface area (Å²) in [6.07, 6.45) is 6.36. The lowest BCUT2D eigenvalue weighted by Crippen LogP contribution is -2.44. The molecule has 1 aromatic carbocycles. The van der Waals surface area contributed by atoms with Gasteiger partial charge in [0.15, 0.2) is 0 Å². The molecule has 0 radical (unpaired) electrons. The summed E-state index contributed by atoms with van der Waals surface area (Å²) in [5.74, 6) is -0.226. The molecule has 3 atom stereocenters. The quantitative estimate of drug-likeness (QED) is 0.922. The molecule has 0 bridgehead atoms. The molecule has 1 N–H and O–H groups in total. The molecule has 0 spiro atoms. The normalized spacial score (nSPS) is 29.9. The summed E-state index contributed by atoms with van der Waals surface area (Å²) in [5.41, 5.74) is 2.22. The summed E-state index contributed by atoms with van der Waals surface area (Å²) in [4.78, 5) is 14.1. The van der Waals surface area contributed by atoms with Gasteiger partial charge >= 0.3 is 5.97 Å². The van der Waals surface area contributed by atoms with Gasteiger partial charge in [0.25, 0.3) is 0 Å². The number of carboxylic acids is 1. The highest BCUT2D eigenvalue weighted by atomic mass is 16.4. The molecule has 3 rings (SSSR count). The number of rotatable bonds is 3. The lowest BCUT2D eigenvalue weighted by molar-refractivity contribution is -0.140. The van der Waals surface area contributed by atoms with E-state index in [1.165, 1.54) is 37.7 Å². The third-order valence-electron chi connectivity index (χ3n) is 5.37. The molecule has 1 heterocycles. The second-order valence-electron chi connectivity index (χ2n) is 6.61. The van der Waals surface area contributed by atoms with Crippen LogP contribution in [0, 0.1) is 5.92 Å². The average Bonchev–Trinajstić information content (AvgIpc) is 2.53. The molecule has 3 nitrogen and oxygen atoms in total. The number of carbonyl (C=O) groups is 1. The molecule has 2 aliphatic rings. The van der Waals surface area contributed by atoms with Crippen molar-refractivity contribution < 1.29 is 9.90 Å². The van der Waals surface area contributed by atoms with E-state index >= 15 is 0 Å². The highest BCUT2D eigenvalue weighted by Gasteiger charge is 2.34. The van der Waals surface area contributed by atoms with Crippen LogP contribution >= 0.6 is 0 Å². The van der Waals surface area contributed by atoms with Gasteiger partial charge in [0.1, 0.15) is 0 Å². The first-order valence-electron chi connectivity index (χ1n) is 8.23. The fourth-order valence-corrected chi connectivity index (χ4v) is 4.09. The van der Waals surface area contributed by atoms with Crippen molar-refractivity contribution in [3.63, 3.8) is 0 Å². The Kier molecular flexibility index (Phi) is 4.29. The van der Waals surface area contributed by atoms with Crippen molar-refractivity contribution >= 4 is 5.97 Å². The Balaban J connectivity index is 1.81. The predicted molar refractivity (Wildman–Crippen MR) is 83.3 cm³/mol. The molecule has 1 aliphatic carbocycles. The third-order valence-corrected chi connectivity index (χ3v) is 5.37. The standard InChI is InChI=1S/C18H25NO2/c1-2-13-6-5-8-15(10-13)19-11-14-7-3-4-9-16(14)17(12-19)18(20)21/h3-4,7,9,13,15,17H,2,5-6,8,10-12H2,1H3,(H,20,21). The molecule has 3 unspecified atom stereocenters. The van der Waals surface area contributed by atoms with Gasteiger partial charge in [-0.05, 0) is 29.9 Å². The molecule has 1 saturated carbocycles. The van der Waals surface area contributed by atoms with Crippen LogP contribution < -0.4 is 0 Å². The van der Waals surface area contributed by atoms with Crippen LogP contribution in [0.1, 0.15) is 56.1 Å². The van der Waals surface area contributed by atoms with Crippen LogP contribution in [0.3, 0.4) is 0 Å². The number of carboxylic acid groups (broad SMARTS) is 1. The fraction of sp³-hybridized carbons (Fsp3) is 0.611. The highest BCUT2D eigenvalue weighted by Crippen LogP contribution is 2.35. The second kappa shape index (κ2) is 6.18. The maximum Gasteiger partial charge on any atom is 0.312 e. The molecule has 0 amide bonds. The Morgan fingerprint density at radius 1 is 1.33 bits per heavy atom. The van der Waals surface area contributed by atoms with Gasteiger partial charge in [0.2, 0.25) is 0 Å². The zero-order valence-corrected chi connectivity index (χ0v) is 12.8. The Bertz CT molecular complexity index is 514. The molecular formula is C18H25NO2. The SMILES string of the molecule is CCC1CCCC(N2Cc3ccccc3C(C(=O)O)C2)C1. The van der Waals surface area contributed by atoms with Crippen molar-refractivity contribution in [1.82, 2.24) is 4.90 Å². The number of benzene rings is 1. The van der Waals surface area contributed by atoms with Gasteiger partial charge in [-0.1, -0.05) is 50.5 Å². The summed E-state index contributed by atoms with van der Waals surface area (Å²) in [6.45, 7) is 3.87. The van der Waals surface area contributed by atoms with Crippen LogP contribution in [0.4, 0.5) is 0 Å². The fourth-order valence-electron chi connectivity index (χ4n) is 4.09. The van der Waals surface area contributed by atoms with E-state index in [-0.39, 0.29) is 5.92 Å². The summed E-state index contributed by atoms with van der Waals surface area (Å²) in [7, 11) is 0.